The van der Waals surface area contributed by atoms with Crippen molar-refractivity contribution in [2.75, 3.05) is 0 Å². The molecule has 1 aliphatic rings. The molecule has 1 fully saturated rings. The lowest BCUT2D eigenvalue weighted by Crippen LogP contribution is -2.28. The van der Waals surface area contributed by atoms with Gasteiger partial charge in [0.25, 0.3) is 0 Å². The van der Waals surface area contributed by atoms with Crippen LogP contribution in [0.25, 0.3) is 0 Å². The van der Waals surface area contributed by atoms with Crippen LogP contribution in [0, 0.1) is 12.8 Å². The molecule has 2 rings (SSSR count). The monoisotopic (exact) mass is 237 g/mol. The summed E-state index contributed by atoms with van der Waals surface area (Å²) in [5, 5.41) is 8.25. The standard InChI is InChI=1S/C14H23NS/c1-11-4-3-5-14(7-6-11)15-8-13-10-16-9-12(13)2/h9-11,14-15H,3-8H2,1-2H3. The lowest BCUT2D eigenvalue weighted by atomic mass is 10.0. The van der Waals surface area contributed by atoms with Gasteiger partial charge in [0, 0.05) is 12.6 Å². The van der Waals surface area contributed by atoms with Gasteiger partial charge in [-0.05, 0) is 54.0 Å². The average Bonchev–Trinajstić information content (AvgIpc) is 2.55. The number of aryl methyl sites for hydroxylation is 1. The highest BCUT2D eigenvalue weighted by Gasteiger charge is 2.15. The van der Waals surface area contributed by atoms with Crippen molar-refractivity contribution >= 4 is 11.3 Å². The van der Waals surface area contributed by atoms with Crippen molar-refractivity contribution < 1.29 is 0 Å². The van der Waals surface area contributed by atoms with Crippen molar-refractivity contribution in [1.82, 2.24) is 5.32 Å². The van der Waals surface area contributed by atoms with Gasteiger partial charge in [0.2, 0.25) is 0 Å². The van der Waals surface area contributed by atoms with Gasteiger partial charge in [0.05, 0.1) is 0 Å². The maximum Gasteiger partial charge on any atom is 0.0218 e. The fourth-order valence-corrected chi connectivity index (χ4v) is 3.37. The molecule has 0 aliphatic heterocycles. The summed E-state index contributed by atoms with van der Waals surface area (Å²) in [6.07, 6.45) is 6.97. The van der Waals surface area contributed by atoms with E-state index in [1.54, 1.807) is 0 Å². The van der Waals surface area contributed by atoms with E-state index in [1.807, 2.05) is 11.3 Å². The Kier molecular flexibility index (Phi) is 4.42. The van der Waals surface area contributed by atoms with Crippen molar-refractivity contribution in [3.05, 3.63) is 21.9 Å². The molecule has 0 saturated heterocycles. The molecule has 0 amide bonds. The second-order valence-electron chi connectivity index (χ2n) is 5.27. The van der Waals surface area contributed by atoms with Crippen molar-refractivity contribution in [1.29, 1.82) is 0 Å². The van der Waals surface area contributed by atoms with Gasteiger partial charge in [-0.25, -0.2) is 0 Å². The molecule has 0 spiro atoms. The van der Waals surface area contributed by atoms with Gasteiger partial charge >= 0.3 is 0 Å². The van der Waals surface area contributed by atoms with Gasteiger partial charge in [-0.1, -0.05) is 19.8 Å². The Morgan fingerprint density at radius 3 is 2.88 bits per heavy atom. The lowest BCUT2D eigenvalue weighted by molar-refractivity contribution is 0.447. The van der Waals surface area contributed by atoms with Crippen molar-refractivity contribution in [3.8, 4) is 0 Å². The van der Waals surface area contributed by atoms with Crippen LogP contribution in [0.15, 0.2) is 10.8 Å². The van der Waals surface area contributed by atoms with E-state index < -0.39 is 0 Å². The van der Waals surface area contributed by atoms with Crippen LogP contribution in [-0.2, 0) is 6.54 Å². The molecule has 1 N–H and O–H groups in total. The van der Waals surface area contributed by atoms with Crippen molar-refractivity contribution in [2.24, 2.45) is 5.92 Å². The van der Waals surface area contributed by atoms with Gasteiger partial charge in [-0.3, -0.25) is 0 Å². The van der Waals surface area contributed by atoms with Crippen LogP contribution in [0.3, 0.4) is 0 Å². The number of nitrogens with one attached hydrogen (secondary N) is 1. The molecule has 0 bridgehead atoms. The van der Waals surface area contributed by atoms with E-state index in [-0.39, 0.29) is 0 Å². The molecular formula is C14H23NS. The summed E-state index contributed by atoms with van der Waals surface area (Å²) >= 11 is 1.82. The summed E-state index contributed by atoms with van der Waals surface area (Å²) in [5.41, 5.74) is 2.93. The van der Waals surface area contributed by atoms with E-state index in [4.69, 9.17) is 0 Å². The number of thiophene rings is 1. The largest absolute Gasteiger partial charge is 0.310 e. The second-order valence-corrected chi connectivity index (χ2v) is 6.01. The Hall–Kier alpha value is -0.340. The molecular weight excluding hydrogens is 214 g/mol. The van der Waals surface area contributed by atoms with Crippen molar-refractivity contribution in [3.63, 3.8) is 0 Å². The third kappa shape index (κ3) is 3.33. The molecule has 1 aromatic rings. The predicted molar refractivity (Wildman–Crippen MR) is 71.9 cm³/mol. The zero-order chi connectivity index (χ0) is 11.4. The lowest BCUT2D eigenvalue weighted by Gasteiger charge is -2.16. The maximum atomic E-state index is 3.73. The van der Waals surface area contributed by atoms with Crippen LogP contribution in [0.2, 0.25) is 0 Å². The Morgan fingerprint density at radius 2 is 2.12 bits per heavy atom. The zero-order valence-corrected chi connectivity index (χ0v) is 11.3. The Labute approximate surface area is 103 Å². The summed E-state index contributed by atoms with van der Waals surface area (Å²) < 4.78 is 0. The molecule has 1 nitrogen and oxygen atoms in total. The van der Waals surface area contributed by atoms with Crippen molar-refractivity contribution in [2.45, 2.75) is 58.5 Å². The molecule has 1 aliphatic carbocycles. The van der Waals surface area contributed by atoms with Crippen LogP contribution in [0.5, 0.6) is 0 Å². The maximum absolute atomic E-state index is 3.73. The van der Waals surface area contributed by atoms with Gasteiger partial charge in [-0.15, -0.1) is 0 Å². The zero-order valence-electron chi connectivity index (χ0n) is 10.5. The fourth-order valence-electron chi connectivity index (χ4n) is 2.51. The molecule has 0 aromatic carbocycles. The Morgan fingerprint density at radius 1 is 1.25 bits per heavy atom. The first-order valence-corrected chi connectivity index (χ1v) is 7.45. The van der Waals surface area contributed by atoms with E-state index in [0.29, 0.717) is 0 Å². The first-order valence-electron chi connectivity index (χ1n) is 6.50. The van der Waals surface area contributed by atoms with E-state index in [2.05, 4.69) is 29.9 Å². The molecule has 2 atom stereocenters. The molecule has 1 saturated carbocycles. The van der Waals surface area contributed by atoms with Gasteiger partial charge in [0.1, 0.15) is 0 Å². The second kappa shape index (κ2) is 5.83. The van der Waals surface area contributed by atoms with Gasteiger partial charge < -0.3 is 5.32 Å². The van der Waals surface area contributed by atoms with Gasteiger partial charge in [-0.2, -0.15) is 11.3 Å². The summed E-state index contributed by atoms with van der Waals surface area (Å²) in [6.45, 7) is 5.67. The topological polar surface area (TPSA) is 12.0 Å². The molecule has 90 valence electrons. The van der Waals surface area contributed by atoms with Crippen LogP contribution in [0.1, 0.15) is 50.2 Å². The van der Waals surface area contributed by atoms with E-state index >= 15 is 0 Å². The average molecular weight is 237 g/mol. The van der Waals surface area contributed by atoms with E-state index in [0.717, 1.165) is 18.5 Å². The highest BCUT2D eigenvalue weighted by molar-refractivity contribution is 7.08. The SMILES string of the molecule is Cc1cscc1CNC1CCCC(C)CC1. The van der Waals surface area contributed by atoms with Crippen LogP contribution in [0.4, 0.5) is 0 Å². The highest BCUT2D eigenvalue weighted by atomic mass is 32.1. The van der Waals surface area contributed by atoms with E-state index in [9.17, 15) is 0 Å². The summed E-state index contributed by atoms with van der Waals surface area (Å²) in [6, 6.07) is 0.754. The normalized spacial score (nSPS) is 26.6. The molecule has 16 heavy (non-hydrogen) atoms. The highest BCUT2D eigenvalue weighted by Crippen LogP contribution is 2.23. The molecule has 1 aromatic heterocycles. The summed E-state index contributed by atoms with van der Waals surface area (Å²) in [4.78, 5) is 0. The molecule has 2 heteroatoms. The first-order chi connectivity index (χ1) is 7.75. The number of hydrogen-bond acceptors (Lipinski definition) is 2. The Bertz CT molecular complexity index is 318. The van der Waals surface area contributed by atoms with Gasteiger partial charge in [0.15, 0.2) is 0 Å². The minimum Gasteiger partial charge on any atom is -0.310 e. The number of rotatable bonds is 3. The van der Waals surface area contributed by atoms with Crippen LogP contribution < -0.4 is 5.32 Å². The molecule has 2 unspecified atom stereocenters. The quantitative estimate of drug-likeness (QED) is 0.780. The molecule has 1 heterocycles. The fraction of sp³-hybridized carbons (Fsp3) is 0.714. The third-order valence-corrected chi connectivity index (χ3v) is 4.71. The van der Waals surface area contributed by atoms with E-state index in [1.165, 1.54) is 43.2 Å². The summed E-state index contributed by atoms with van der Waals surface area (Å²) in [7, 11) is 0. The van der Waals surface area contributed by atoms with Crippen LogP contribution in [-0.4, -0.2) is 6.04 Å². The first kappa shape index (κ1) is 12.1. The third-order valence-electron chi connectivity index (χ3n) is 3.80. The minimum atomic E-state index is 0.754. The predicted octanol–water partition coefficient (Wildman–Crippen LogP) is 4.11. The minimum absolute atomic E-state index is 0.754. The summed E-state index contributed by atoms with van der Waals surface area (Å²) in [5.74, 6) is 0.940. The molecule has 0 radical (unpaired) electrons. The van der Waals surface area contributed by atoms with Crippen LogP contribution >= 0.6 is 11.3 Å². The number of hydrogen-bond donors (Lipinski definition) is 1. The smallest absolute Gasteiger partial charge is 0.0218 e. The Balaban J connectivity index is 1.79.